The summed E-state index contributed by atoms with van der Waals surface area (Å²) in [6.07, 6.45) is 3.83. The lowest BCUT2D eigenvalue weighted by Gasteiger charge is -2.19. The number of para-hydroxylation sites is 2. The second kappa shape index (κ2) is 10.9. The second-order valence-electron chi connectivity index (χ2n) is 7.41. The normalized spacial score (nSPS) is 11.5. The molecule has 0 aliphatic heterocycles. The smallest absolute Gasteiger partial charge is 0.118 e. The van der Waals surface area contributed by atoms with Crippen molar-refractivity contribution >= 4 is 23.2 Å². The SMILES string of the molecule is COc1ccc(C(=CC=NN(c2ccccc2)c2ccccc2)c2ccc(CO)cc2)cc1. The van der Waals surface area contributed by atoms with Crippen LogP contribution in [-0.4, -0.2) is 18.4 Å². The molecule has 0 spiro atoms. The van der Waals surface area contributed by atoms with E-state index in [0.717, 1.165) is 39.4 Å². The van der Waals surface area contributed by atoms with Crippen molar-refractivity contribution in [2.24, 2.45) is 5.10 Å². The molecule has 1 N–H and O–H groups in total. The predicted octanol–water partition coefficient (Wildman–Crippen LogP) is 6.44. The molecule has 0 aromatic heterocycles. The maximum atomic E-state index is 9.41. The average molecular weight is 435 g/mol. The summed E-state index contributed by atoms with van der Waals surface area (Å²) >= 11 is 0. The first-order valence-corrected chi connectivity index (χ1v) is 10.8. The van der Waals surface area contributed by atoms with Gasteiger partial charge >= 0.3 is 0 Å². The molecule has 0 saturated heterocycles. The number of allylic oxidation sites excluding steroid dienone is 1. The Labute approximate surface area is 194 Å². The molecule has 0 aliphatic carbocycles. The summed E-state index contributed by atoms with van der Waals surface area (Å²) in [5, 5.41) is 16.1. The van der Waals surface area contributed by atoms with Gasteiger partial charge in [-0.3, -0.25) is 0 Å². The fourth-order valence-electron chi connectivity index (χ4n) is 3.51. The van der Waals surface area contributed by atoms with Crippen LogP contribution in [-0.2, 0) is 6.61 Å². The van der Waals surface area contributed by atoms with Gasteiger partial charge in [-0.05, 0) is 64.7 Å². The largest absolute Gasteiger partial charge is 0.497 e. The standard InChI is InChI=1S/C29H26N2O2/c1-33-28-18-16-25(17-19-28)29(24-14-12-23(22-32)13-15-24)20-21-30-31(26-8-4-2-5-9-26)27-10-6-3-7-11-27/h2-21,32H,22H2,1H3. The number of methoxy groups -OCH3 is 1. The van der Waals surface area contributed by atoms with Crippen molar-refractivity contribution in [2.75, 3.05) is 12.1 Å². The first-order chi connectivity index (χ1) is 16.3. The van der Waals surface area contributed by atoms with Gasteiger partial charge in [-0.2, -0.15) is 5.10 Å². The summed E-state index contributed by atoms with van der Waals surface area (Å²) in [4.78, 5) is 0. The third-order valence-corrected chi connectivity index (χ3v) is 5.27. The predicted molar refractivity (Wildman–Crippen MR) is 136 cm³/mol. The number of aliphatic hydroxyl groups excluding tert-OH is 1. The van der Waals surface area contributed by atoms with Crippen LogP contribution in [0.4, 0.5) is 11.4 Å². The highest BCUT2D eigenvalue weighted by molar-refractivity contribution is 5.92. The Bertz CT molecular complexity index is 1110. The molecule has 33 heavy (non-hydrogen) atoms. The van der Waals surface area contributed by atoms with Gasteiger partial charge in [0, 0.05) is 6.21 Å². The van der Waals surface area contributed by atoms with E-state index in [1.54, 1.807) is 7.11 Å². The summed E-state index contributed by atoms with van der Waals surface area (Å²) < 4.78 is 5.32. The van der Waals surface area contributed by atoms with Crippen LogP contribution in [0.25, 0.3) is 5.57 Å². The number of hydrogen-bond donors (Lipinski definition) is 1. The number of ether oxygens (including phenoxy) is 1. The molecule has 0 radical (unpaired) electrons. The molecule has 0 bridgehead atoms. The third-order valence-electron chi connectivity index (χ3n) is 5.27. The minimum absolute atomic E-state index is 0.0203. The van der Waals surface area contributed by atoms with E-state index in [9.17, 15) is 5.11 Å². The van der Waals surface area contributed by atoms with Gasteiger partial charge in [-0.15, -0.1) is 0 Å². The van der Waals surface area contributed by atoms with Crippen LogP contribution in [0.2, 0.25) is 0 Å². The summed E-state index contributed by atoms with van der Waals surface area (Å²) in [7, 11) is 1.66. The van der Waals surface area contributed by atoms with Gasteiger partial charge in [-0.25, -0.2) is 5.01 Å². The van der Waals surface area contributed by atoms with Crippen LogP contribution in [0.1, 0.15) is 16.7 Å². The minimum Gasteiger partial charge on any atom is -0.497 e. The molecule has 0 atom stereocenters. The Kier molecular flexibility index (Phi) is 7.31. The van der Waals surface area contributed by atoms with E-state index in [1.165, 1.54) is 0 Å². The lowest BCUT2D eigenvalue weighted by Crippen LogP contribution is -2.08. The van der Waals surface area contributed by atoms with Crippen LogP contribution < -0.4 is 9.75 Å². The highest BCUT2D eigenvalue weighted by Crippen LogP contribution is 2.27. The van der Waals surface area contributed by atoms with Crippen molar-refractivity contribution in [3.63, 3.8) is 0 Å². The van der Waals surface area contributed by atoms with Crippen LogP contribution >= 0.6 is 0 Å². The van der Waals surface area contributed by atoms with Crippen LogP contribution in [0, 0.1) is 0 Å². The van der Waals surface area contributed by atoms with Gasteiger partial charge < -0.3 is 9.84 Å². The van der Waals surface area contributed by atoms with E-state index >= 15 is 0 Å². The lowest BCUT2D eigenvalue weighted by molar-refractivity contribution is 0.282. The Morgan fingerprint density at radius 1 is 0.758 bits per heavy atom. The first-order valence-electron chi connectivity index (χ1n) is 10.8. The summed E-state index contributed by atoms with van der Waals surface area (Å²) in [5.74, 6) is 0.807. The Morgan fingerprint density at radius 2 is 1.27 bits per heavy atom. The fraction of sp³-hybridized carbons (Fsp3) is 0.0690. The molecule has 4 heteroatoms. The van der Waals surface area contributed by atoms with Crippen molar-refractivity contribution < 1.29 is 9.84 Å². The molecule has 0 heterocycles. The second-order valence-corrected chi connectivity index (χ2v) is 7.41. The molecule has 4 aromatic rings. The Hall–Kier alpha value is -4.15. The Balaban J connectivity index is 1.73. The quantitative estimate of drug-likeness (QED) is 0.256. The molecule has 4 aromatic carbocycles. The average Bonchev–Trinajstić information content (AvgIpc) is 2.90. The van der Waals surface area contributed by atoms with Gasteiger partial charge in [0.2, 0.25) is 0 Å². The number of nitrogens with zero attached hydrogens (tertiary/aromatic N) is 2. The van der Waals surface area contributed by atoms with Gasteiger partial charge in [0.05, 0.1) is 25.1 Å². The minimum atomic E-state index is 0.0203. The Morgan fingerprint density at radius 3 is 1.76 bits per heavy atom. The zero-order valence-electron chi connectivity index (χ0n) is 18.5. The van der Waals surface area contributed by atoms with Crippen molar-refractivity contribution in [3.8, 4) is 5.75 Å². The number of anilines is 2. The van der Waals surface area contributed by atoms with Gasteiger partial charge in [0.25, 0.3) is 0 Å². The molecular formula is C29H26N2O2. The zero-order valence-corrected chi connectivity index (χ0v) is 18.5. The van der Waals surface area contributed by atoms with Crippen molar-refractivity contribution in [1.82, 2.24) is 0 Å². The van der Waals surface area contributed by atoms with E-state index in [2.05, 4.69) is 0 Å². The molecule has 0 amide bonds. The monoisotopic (exact) mass is 434 g/mol. The number of rotatable bonds is 8. The molecule has 4 nitrogen and oxygen atoms in total. The van der Waals surface area contributed by atoms with Crippen molar-refractivity contribution in [1.29, 1.82) is 0 Å². The van der Waals surface area contributed by atoms with Gasteiger partial charge in [0.1, 0.15) is 5.75 Å². The molecule has 0 saturated carbocycles. The molecule has 4 rings (SSSR count). The van der Waals surface area contributed by atoms with Crippen LogP contribution in [0.3, 0.4) is 0 Å². The van der Waals surface area contributed by atoms with E-state index in [-0.39, 0.29) is 6.61 Å². The van der Waals surface area contributed by atoms with Crippen LogP contribution in [0.15, 0.2) is 120 Å². The molecule has 0 aliphatic rings. The number of aliphatic hydroxyl groups is 1. The molecule has 0 unspecified atom stereocenters. The molecular weight excluding hydrogens is 408 g/mol. The first kappa shape index (κ1) is 22.1. The maximum absolute atomic E-state index is 9.41. The topological polar surface area (TPSA) is 45.1 Å². The van der Waals surface area contributed by atoms with E-state index < -0.39 is 0 Å². The molecule has 0 fully saturated rings. The maximum Gasteiger partial charge on any atom is 0.118 e. The summed E-state index contributed by atoms with van der Waals surface area (Å²) in [5.41, 5.74) is 5.94. The van der Waals surface area contributed by atoms with E-state index in [1.807, 2.05) is 126 Å². The highest BCUT2D eigenvalue weighted by Gasteiger charge is 2.08. The third kappa shape index (κ3) is 5.56. The summed E-state index contributed by atoms with van der Waals surface area (Å²) in [6, 6.07) is 36.0. The highest BCUT2D eigenvalue weighted by atomic mass is 16.5. The summed E-state index contributed by atoms with van der Waals surface area (Å²) in [6.45, 7) is 0.0203. The van der Waals surface area contributed by atoms with E-state index in [4.69, 9.17) is 9.84 Å². The van der Waals surface area contributed by atoms with Gasteiger partial charge in [0.15, 0.2) is 0 Å². The molecule has 164 valence electrons. The number of hydrogen-bond acceptors (Lipinski definition) is 4. The zero-order chi connectivity index (χ0) is 22.9. The van der Waals surface area contributed by atoms with Crippen molar-refractivity contribution in [2.45, 2.75) is 6.61 Å². The number of benzene rings is 4. The number of hydrazone groups is 1. The van der Waals surface area contributed by atoms with Crippen LogP contribution in [0.5, 0.6) is 5.75 Å². The van der Waals surface area contributed by atoms with Gasteiger partial charge in [-0.1, -0.05) is 72.8 Å². The lowest BCUT2D eigenvalue weighted by atomic mass is 9.97. The fourth-order valence-corrected chi connectivity index (χ4v) is 3.51. The van der Waals surface area contributed by atoms with Crippen molar-refractivity contribution in [3.05, 3.63) is 132 Å². The van der Waals surface area contributed by atoms with E-state index in [0.29, 0.717) is 0 Å².